The lowest BCUT2D eigenvalue weighted by Gasteiger charge is -2.36. The highest BCUT2D eigenvalue weighted by atomic mass is 28.4. The summed E-state index contributed by atoms with van der Waals surface area (Å²) in [4.78, 5) is 0. The van der Waals surface area contributed by atoms with Gasteiger partial charge >= 0.3 is 0 Å². The topological polar surface area (TPSA) is 27.7 Å². The zero-order valence-corrected chi connectivity index (χ0v) is 21.0. The number of hydrogen-bond donors (Lipinski definition) is 0. The smallest absolute Gasteiger partial charge is 0.192 e. The van der Waals surface area contributed by atoms with Crippen LogP contribution < -0.4 is 14.7 Å². The molecule has 3 nitrogen and oxygen atoms in total. The Morgan fingerprint density at radius 1 is 0.926 bits per heavy atom. The van der Waals surface area contributed by atoms with E-state index >= 15 is 0 Å². The van der Waals surface area contributed by atoms with E-state index in [0.29, 0.717) is 6.61 Å². The maximum Gasteiger partial charge on any atom is 0.192 e. The molecule has 0 heterocycles. The Morgan fingerprint density at radius 2 is 1.44 bits per heavy atom. The number of methoxy groups -OCH3 is 2. The van der Waals surface area contributed by atoms with Gasteiger partial charge in [-0.15, -0.1) is 0 Å². The Hall–Kier alpha value is -1.05. The highest BCUT2D eigenvalue weighted by molar-refractivity contribution is 6.89. The summed E-state index contributed by atoms with van der Waals surface area (Å²) in [5.74, 6) is 1.63. The molecule has 1 aromatic rings. The number of benzene rings is 1. The monoisotopic (exact) mass is 406 g/mol. The third-order valence-electron chi connectivity index (χ3n) is 5.97. The third kappa shape index (κ3) is 5.06. The van der Waals surface area contributed by atoms with Gasteiger partial charge in [0.05, 0.1) is 28.9 Å². The van der Waals surface area contributed by atoms with Crippen molar-refractivity contribution in [3.8, 4) is 11.5 Å². The van der Waals surface area contributed by atoms with E-state index in [1.165, 1.54) is 29.2 Å². The molecular formula is C22H38O3Si2. The predicted octanol–water partition coefficient (Wildman–Crippen LogP) is 5.82. The molecule has 0 radical (unpaired) electrons. The van der Waals surface area contributed by atoms with E-state index in [9.17, 15) is 0 Å². The zero-order chi connectivity index (χ0) is 20.6. The summed E-state index contributed by atoms with van der Waals surface area (Å²) in [5.41, 5.74) is 4.25. The molecule has 2 rings (SSSR count). The minimum atomic E-state index is -1.80. The second kappa shape index (κ2) is 7.76. The molecule has 1 fully saturated rings. The SMILES string of the molecule is COc1cc(C(CO[Si](C)(C)C(C)(C)C)=C2CC2)c([Si](C)(C)C)cc1OC. The number of allylic oxidation sites excluding steroid dienone is 1. The normalized spacial score (nSPS) is 15.0. The van der Waals surface area contributed by atoms with Gasteiger partial charge in [0.2, 0.25) is 0 Å². The second-order valence-electron chi connectivity index (χ2n) is 10.1. The van der Waals surface area contributed by atoms with Gasteiger partial charge in [0.25, 0.3) is 0 Å². The highest BCUT2D eigenvalue weighted by Crippen LogP contribution is 2.42. The van der Waals surface area contributed by atoms with Crippen LogP contribution >= 0.6 is 0 Å². The lowest BCUT2D eigenvalue weighted by molar-refractivity contribution is 0.333. The van der Waals surface area contributed by atoms with E-state index in [1.807, 2.05) is 0 Å². The van der Waals surface area contributed by atoms with Crippen molar-refractivity contribution in [2.24, 2.45) is 0 Å². The van der Waals surface area contributed by atoms with Crippen molar-refractivity contribution < 1.29 is 13.9 Å². The average molecular weight is 407 g/mol. The van der Waals surface area contributed by atoms with Crippen LogP contribution in [0.3, 0.4) is 0 Å². The van der Waals surface area contributed by atoms with Gasteiger partial charge in [-0.2, -0.15) is 0 Å². The Morgan fingerprint density at radius 3 is 1.85 bits per heavy atom. The van der Waals surface area contributed by atoms with E-state index in [2.05, 4.69) is 65.6 Å². The highest BCUT2D eigenvalue weighted by Gasteiger charge is 2.38. The Balaban J connectivity index is 2.51. The van der Waals surface area contributed by atoms with Crippen LogP contribution in [0.15, 0.2) is 17.7 Å². The molecule has 1 saturated carbocycles. The molecule has 0 bridgehead atoms. The molecule has 27 heavy (non-hydrogen) atoms. The molecule has 0 spiro atoms. The molecule has 152 valence electrons. The molecule has 1 aliphatic carbocycles. The van der Waals surface area contributed by atoms with Crippen molar-refractivity contribution in [2.45, 2.75) is 71.4 Å². The molecule has 1 aliphatic rings. The zero-order valence-electron chi connectivity index (χ0n) is 19.0. The lowest BCUT2D eigenvalue weighted by atomic mass is 10.0. The molecule has 0 atom stereocenters. The molecule has 0 aromatic heterocycles. The molecule has 1 aromatic carbocycles. The molecule has 0 saturated heterocycles. The maximum absolute atomic E-state index is 6.63. The first-order valence-corrected chi connectivity index (χ1v) is 16.3. The van der Waals surface area contributed by atoms with Gasteiger partial charge in [-0.1, -0.05) is 46.0 Å². The Bertz CT molecular complexity index is 716. The van der Waals surface area contributed by atoms with Crippen LogP contribution in [0.2, 0.25) is 37.8 Å². The minimum absolute atomic E-state index is 0.214. The van der Waals surface area contributed by atoms with Gasteiger partial charge in [0.15, 0.2) is 19.8 Å². The van der Waals surface area contributed by atoms with Gasteiger partial charge in [0.1, 0.15) is 0 Å². The van der Waals surface area contributed by atoms with Gasteiger partial charge in [0, 0.05) is 0 Å². The summed E-state index contributed by atoms with van der Waals surface area (Å²) in [5, 5.41) is 1.64. The van der Waals surface area contributed by atoms with Gasteiger partial charge in [-0.05, 0) is 59.4 Å². The summed E-state index contributed by atoms with van der Waals surface area (Å²) in [6.07, 6.45) is 2.38. The quantitative estimate of drug-likeness (QED) is 0.534. The minimum Gasteiger partial charge on any atom is -0.493 e. The largest absolute Gasteiger partial charge is 0.493 e. The maximum atomic E-state index is 6.63. The van der Waals surface area contributed by atoms with Crippen molar-refractivity contribution in [1.82, 2.24) is 0 Å². The standard InChI is InChI=1S/C22H38O3Si2/c1-22(2,3)27(9,10)25-15-18(16-11-12-16)17-13-19(23-4)20(24-5)14-21(17)26(6,7)8/h13-14H,11-12,15H2,1-10H3. The van der Waals surface area contributed by atoms with Gasteiger partial charge in [-0.3, -0.25) is 0 Å². The first kappa shape index (κ1) is 22.2. The second-order valence-corrected chi connectivity index (χ2v) is 20.0. The summed E-state index contributed by atoms with van der Waals surface area (Å²) < 4.78 is 17.9. The first-order chi connectivity index (χ1) is 12.3. The van der Waals surface area contributed by atoms with Crippen LogP contribution in [0.5, 0.6) is 11.5 Å². The summed E-state index contributed by atoms with van der Waals surface area (Å²) in [7, 11) is 0.0609. The third-order valence-corrected chi connectivity index (χ3v) is 12.5. The van der Waals surface area contributed by atoms with Crippen LogP contribution in [-0.2, 0) is 4.43 Å². The van der Waals surface area contributed by atoms with E-state index in [-0.39, 0.29) is 5.04 Å². The van der Waals surface area contributed by atoms with Gasteiger partial charge < -0.3 is 13.9 Å². The van der Waals surface area contributed by atoms with Crippen molar-refractivity contribution in [1.29, 1.82) is 0 Å². The number of ether oxygens (including phenoxy) is 2. The molecule has 0 amide bonds. The van der Waals surface area contributed by atoms with Crippen molar-refractivity contribution in [3.05, 3.63) is 23.3 Å². The van der Waals surface area contributed by atoms with E-state index < -0.39 is 16.4 Å². The van der Waals surface area contributed by atoms with E-state index in [1.54, 1.807) is 19.8 Å². The molecule has 0 N–H and O–H groups in total. The van der Waals surface area contributed by atoms with Crippen molar-refractivity contribution >= 4 is 27.2 Å². The number of hydrogen-bond acceptors (Lipinski definition) is 3. The predicted molar refractivity (Wildman–Crippen MR) is 122 cm³/mol. The average Bonchev–Trinajstić information content (AvgIpc) is 3.37. The van der Waals surface area contributed by atoms with E-state index in [4.69, 9.17) is 13.9 Å². The fourth-order valence-corrected chi connectivity index (χ4v) is 5.49. The lowest BCUT2D eigenvalue weighted by Crippen LogP contribution is -2.42. The van der Waals surface area contributed by atoms with Crippen LogP contribution in [0.25, 0.3) is 5.57 Å². The Kier molecular flexibility index (Phi) is 6.39. The van der Waals surface area contributed by atoms with Crippen LogP contribution in [0.1, 0.15) is 39.2 Å². The fourth-order valence-electron chi connectivity index (χ4n) is 2.95. The van der Waals surface area contributed by atoms with Gasteiger partial charge in [-0.25, -0.2) is 0 Å². The fraction of sp³-hybridized carbons (Fsp3) is 0.636. The molecule has 5 heteroatoms. The van der Waals surface area contributed by atoms with Crippen LogP contribution in [-0.4, -0.2) is 37.2 Å². The summed E-state index contributed by atoms with van der Waals surface area (Å²) in [6.45, 7) is 19.4. The van der Waals surface area contributed by atoms with Crippen LogP contribution in [0, 0.1) is 0 Å². The van der Waals surface area contributed by atoms with Crippen molar-refractivity contribution in [3.63, 3.8) is 0 Å². The summed E-state index contributed by atoms with van der Waals surface area (Å²) >= 11 is 0. The number of rotatable bonds is 7. The Labute approximate surface area is 168 Å². The van der Waals surface area contributed by atoms with E-state index in [0.717, 1.165) is 11.5 Å². The van der Waals surface area contributed by atoms with Crippen molar-refractivity contribution in [2.75, 3.05) is 20.8 Å². The van der Waals surface area contributed by atoms with Crippen LogP contribution in [0.4, 0.5) is 0 Å². The molecule has 0 aliphatic heterocycles. The molecular weight excluding hydrogens is 368 g/mol. The molecule has 0 unspecified atom stereocenters. The summed E-state index contributed by atoms with van der Waals surface area (Å²) in [6, 6.07) is 4.39. The first-order valence-electron chi connectivity index (χ1n) is 9.93.